The average Bonchev–Trinajstić information content (AvgIpc) is 3.37. The van der Waals surface area contributed by atoms with E-state index >= 15 is 0 Å². The summed E-state index contributed by atoms with van der Waals surface area (Å²) in [6.07, 6.45) is 0. The van der Waals surface area contributed by atoms with Crippen LogP contribution in [0.1, 0.15) is 39.0 Å². The number of carbonyl (C=O) groups excluding carboxylic acids is 2. The molecule has 4 aromatic rings. The molecule has 1 spiro atoms. The standard InChI is InChI=1S/C30H23FN2O3/c31-22-17-15-20(16-18-22)27-25(19-9-3-1-4-10-19)26(28(34)21-11-5-2-6-12-21)30(33(27)36)23-13-7-8-14-24(23)32-29(30)35/h1-18,25-27,36H,(H,32,35)/t25-,26+,27+,30-/m1/s1. The summed E-state index contributed by atoms with van der Waals surface area (Å²) in [5.74, 6) is -2.70. The second kappa shape index (κ2) is 8.52. The molecule has 5 nitrogen and oxygen atoms in total. The molecule has 6 rings (SSSR count). The van der Waals surface area contributed by atoms with Crippen molar-refractivity contribution in [3.05, 3.63) is 137 Å². The Kier molecular flexibility index (Phi) is 5.29. The molecule has 0 radical (unpaired) electrons. The Morgan fingerprint density at radius 2 is 1.42 bits per heavy atom. The van der Waals surface area contributed by atoms with Crippen LogP contribution in [0, 0.1) is 11.7 Å². The molecule has 1 amide bonds. The Bertz CT molecular complexity index is 1440. The van der Waals surface area contributed by atoms with E-state index in [4.69, 9.17) is 0 Å². The van der Waals surface area contributed by atoms with E-state index in [1.807, 2.05) is 36.4 Å². The van der Waals surface area contributed by atoms with Crippen molar-refractivity contribution in [1.29, 1.82) is 0 Å². The number of carbonyl (C=O) groups is 2. The minimum Gasteiger partial charge on any atom is -0.324 e. The van der Waals surface area contributed by atoms with Crippen LogP contribution in [0.15, 0.2) is 109 Å². The molecule has 0 bridgehead atoms. The van der Waals surface area contributed by atoms with Gasteiger partial charge in [-0.25, -0.2) is 4.39 Å². The van der Waals surface area contributed by atoms with E-state index in [2.05, 4.69) is 5.32 Å². The lowest BCUT2D eigenvalue weighted by Crippen LogP contribution is -2.51. The Labute approximate surface area is 207 Å². The van der Waals surface area contributed by atoms with Crippen molar-refractivity contribution >= 4 is 17.4 Å². The highest BCUT2D eigenvalue weighted by Gasteiger charge is 2.69. The molecular weight excluding hydrogens is 455 g/mol. The predicted molar refractivity (Wildman–Crippen MR) is 133 cm³/mol. The third-order valence-corrected chi connectivity index (χ3v) is 7.44. The summed E-state index contributed by atoms with van der Waals surface area (Å²) in [6, 6.07) is 30.5. The van der Waals surface area contributed by atoms with E-state index in [0.29, 0.717) is 22.4 Å². The van der Waals surface area contributed by atoms with Crippen molar-refractivity contribution < 1.29 is 19.2 Å². The Morgan fingerprint density at radius 1 is 0.806 bits per heavy atom. The zero-order chi connectivity index (χ0) is 24.9. The number of hydroxylamine groups is 2. The van der Waals surface area contributed by atoms with Crippen LogP contribution in [-0.2, 0) is 10.3 Å². The van der Waals surface area contributed by atoms with Crippen molar-refractivity contribution in [2.45, 2.75) is 17.5 Å². The van der Waals surface area contributed by atoms with Crippen molar-refractivity contribution in [2.24, 2.45) is 5.92 Å². The van der Waals surface area contributed by atoms with Gasteiger partial charge in [-0.05, 0) is 29.3 Å². The average molecular weight is 479 g/mol. The Hall–Kier alpha value is -4.13. The monoisotopic (exact) mass is 478 g/mol. The lowest BCUT2D eigenvalue weighted by molar-refractivity contribution is -0.188. The minimum absolute atomic E-state index is 0.250. The van der Waals surface area contributed by atoms with E-state index in [0.717, 1.165) is 10.6 Å². The predicted octanol–water partition coefficient (Wildman–Crippen LogP) is 5.70. The van der Waals surface area contributed by atoms with E-state index in [9.17, 15) is 19.2 Å². The van der Waals surface area contributed by atoms with Gasteiger partial charge in [0, 0.05) is 22.7 Å². The molecule has 6 heteroatoms. The zero-order valence-corrected chi connectivity index (χ0v) is 19.2. The lowest BCUT2D eigenvalue weighted by atomic mass is 9.69. The van der Waals surface area contributed by atoms with E-state index < -0.39 is 35.1 Å². The molecule has 2 aliphatic heterocycles. The molecule has 0 saturated carbocycles. The normalized spacial score (nSPS) is 25.1. The number of amides is 1. The number of para-hydroxylation sites is 1. The molecule has 36 heavy (non-hydrogen) atoms. The first-order valence-electron chi connectivity index (χ1n) is 11.8. The van der Waals surface area contributed by atoms with Crippen molar-refractivity contribution in [3.8, 4) is 0 Å². The largest absolute Gasteiger partial charge is 0.324 e. The van der Waals surface area contributed by atoms with Gasteiger partial charge in [-0.1, -0.05) is 91.0 Å². The first-order valence-corrected chi connectivity index (χ1v) is 11.8. The molecule has 0 aromatic heterocycles. The quantitative estimate of drug-likeness (QED) is 0.369. The molecule has 4 aromatic carbocycles. The number of nitrogens with zero attached hydrogens (tertiary/aromatic N) is 1. The fourth-order valence-electron chi connectivity index (χ4n) is 5.95. The molecule has 4 atom stereocenters. The molecule has 1 fully saturated rings. The zero-order valence-electron chi connectivity index (χ0n) is 19.2. The van der Waals surface area contributed by atoms with Crippen LogP contribution in [-0.4, -0.2) is 22.0 Å². The van der Waals surface area contributed by atoms with Crippen LogP contribution in [0.4, 0.5) is 10.1 Å². The first-order chi connectivity index (χ1) is 17.5. The summed E-state index contributed by atoms with van der Waals surface area (Å²) in [5.41, 5.74) is 1.27. The van der Waals surface area contributed by atoms with Gasteiger partial charge in [0.1, 0.15) is 5.82 Å². The fraction of sp³-hybridized carbons (Fsp3) is 0.133. The molecule has 178 valence electrons. The first kappa shape index (κ1) is 22.3. The maximum absolute atomic E-state index is 14.3. The summed E-state index contributed by atoms with van der Waals surface area (Å²) in [5, 5.41) is 15.9. The number of halogens is 1. The lowest BCUT2D eigenvalue weighted by Gasteiger charge is -2.34. The Balaban J connectivity index is 1.66. The highest BCUT2D eigenvalue weighted by atomic mass is 19.1. The number of nitrogens with one attached hydrogen (secondary N) is 1. The molecule has 0 unspecified atom stereocenters. The highest BCUT2D eigenvalue weighted by molar-refractivity contribution is 6.12. The molecule has 2 heterocycles. The molecule has 2 N–H and O–H groups in total. The number of ketones is 1. The van der Waals surface area contributed by atoms with Crippen LogP contribution in [0.25, 0.3) is 0 Å². The van der Waals surface area contributed by atoms with Crippen LogP contribution in [0.3, 0.4) is 0 Å². The van der Waals surface area contributed by atoms with Crippen LogP contribution >= 0.6 is 0 Å². The van der Waals surface area contributed by atoms with Crippen LogP contribution in [0.2, 0.25) is 0 Å². The third kappa shape index (κ3) is 3.15. The van der Waals surface area contributed by atoms with Crippen molar-refractivity contribution in [1.82, 2.24) is 5.06 Å². The fourth-order valence-corrected chi connectivity index (χ4v) is 5.95. The summed E-state index contributed by atoms with van der Waals surface area (Å²) in [6.45, 7) is 0. The number of benzene rings is 4. The number of rotatable bonds is 4. The highest BCUT2D eigenvalue weighted by Crippen LogP contribution is 2.62. The van der Waals surface area contributed by atoms with E-state index in [-0.39, 0.29) is 5.78 Å². The third-order valence-electron chi connectivity index (χ3n) is 7.44. The molecule has 0 aliphatic carbocycles. The maximum atomic E-state index is 14.3. The maximum Gasteiger partial charge on any atom is 0.252 e. The molecular formula is C30H23FN2O3. The molecule has 2 aliphatic rings. The van der Waals surface area contributed by atoms with Crippen molar-refractivity contribution in [2.75, 3.05) is 5.32 Å². The van der Waals surface area contributed by atoms with Crippen molar-refractivity contribution in [3.63, 3.8) is 0 Å². The summed E-state index contributed by atoms with van der Waals surface area (Å²) in [4.78, 5) is 28.2. The smallest absolute Gasteiger partial charge is 0.252 e. The summed E-state index contributed by atoms with van der Waals surface area (Å²) < 4.78 is 13.9. The van der Waals surface area contributed by atoms with Gasteiger partial charge in [0.15, 0.2) is 11.3 Å². The number of hydrogen-bond donors (Lipinski definition) is 2. The number of fused-ring (bicyclic) bond motifs is 2. The minimum atomic E-state index is -1.68. The topological polar surface area (TPSA) is 69.6 Å². The van der Waals surface area contributed by atoms with Gasteiger partial charge < -0.3 is 10.5 Å². The second-order valence-corrected chi connectivity index (χ2v) is 9.25. The van der Waals surface area contributed by atoms with Gasteiger partial charge in [0.2, 0.25) is 0 Å². The van der Waals surface area contributed by atoms with Crippen LogP contribution < -0.4 is 5.32 Å². The van der Waals surface area contributed by atoms with Crippen LogP contribution in [0.5, 0.6) is 0 Å². The number of anilines is 1. The summed E-state index contributed by atoms with van der Waals surface area (Å²) >= 11 is 0. The second-order valence-electron chi connectivity index (χ2n) is 9.25. The Morgan fingerprint density at radius 3 is 2.11 bits per heavy atom. The number of Topliss-reactive ketones (excluding diaryl/α,β-unsaturated/α-hetero) is 1. The number of hydrogen-bond acceptors (Lipinski definition) is 4. The van der Waals surface area contributed by atoms with Gasteiger partial charge in [0.05, 0.1) is 12.0 Å². The summed E-state index contributed by atoms with van der Waals surface area (Å²) in [7, 11) is 0. The van der Waals surface area contributed by atoms with Gasteiger partial charge in [-0.3, -0.25) is 9.59 Å². The SMILES string of the molecule is O=C(c1ccccc1)[C@@H]1[C@@H](c2ccccc2)[C@H](c2ccc(F)cc2)N(O)[C@@]12C(=O)Nc1ccccc12. The van der Waals surface area contributed by atoms with Gasteiger partial charge in [0.25, 0.3) is 5.91 Å². The van der Waals surface area contributed by atoms with Gasteiger partial charge >= 0.3 is 0 Å². The van der Waals surface area contributed by atoms with E-state index in [1.165, 1.54) is 12.1 Å². The van der Waals surface area contributed by atoms with Gasteiger partial charge in [-0.15, -0.1) is 0 Å². The van der Waals surface area contributed by atoms with E-state index in [1.54, 1.807) is 60.7 Å². The molecule has 1 saturated heterocycles. The van der Waals surface area contributed by atoms with Gasteiger partial charge in [-0.2, -0.15) is 5.06 Å².